The van der Waals surface area contributed by atoms with Crippen molar-refractivity contribution in [2.75, 3.05) is 20.4 Å². The van der Waals surface area contributed by atoms with Gasteiger partial charge in [0, 0.05) is 24.2 Å². The summed E-state index contributed by atoms with van der Waals surface area (Å²) in [7, 11) is 0.0535. The largest absolute Gasteiger partial charge is 0.467 e. The molecule has 1 aromatic heterocycles. The van der Waals surface area contributed by atoms with Crippen LogP contribution in [0.1, 0.15) is 18.5 Å². The van der Waals surface area contributed by atoms with Crippen LogP contribution in [0.15, 0.2) is 12.4 Å². The number of ether oxygens (including phenoxy) is 1. The molecule has 1 N–H and O–H groups in total. The predicted molar refractivity (Wildman–Crippen MR) is 64.7 cm³/mol. The van der Waals surface area contributed by atoms with E-state index >= 15 is 0 Å². The Hall–Kier alpha value is -1.21. The molecule has 6 nitrogen and oxygen atoms in total. The van der Waals surface area contributed by atoms with Crippen LogP contribution in [0, 0.1) is 0 Å². The highest BCUT2D eigenvalue weighted by atomic mass is 32.2. The Morgan fingerprint density at radius 2 is 1.88 bits per heavy atom. The molecule has 0 saturated carbocycles. The Bertz CT molecular complexity index is 458. The van der Waals surface area contributed by atoms with Crippen LogP contribution in [0.2, 0.25) is 0 Å². The van der Waals surface area contributed by atoms with E-state index < -0.39 is 15.1 Å². The molecule has 0 bridgehead atoms. The third-order valence-corrected chi connectivity index (χ3v) is 4.27. The second-order valence-electron chi connectivity index (χ2n) is 3.80. The second-order valence-corrected chi connectivity index (χ2v) is 6.21. The zero-order valence-electron chi connectivity index (χ0n) is 10.3. The van der Waals surface area contributed by atoms with Crippen molar-refractivity contribution in [3.05, 3.63) is 18.0 Å². The fraction of sp³-hybridized carbons (Fsp3) is 0.600. The van der Waals surface area contributed by atoms with Crippen molar-refractivity contribution >= 4 is 9.84 Å². The van der Waals surface area contributed by atoms with Gasteiger partial charge < -0.3 is 10.1 Å². The quantitative estimate of drug-likeness (QED) is 0.812. The summed E-state index contributed by atoms with van der Waals surface area (Å²) in [6.07, 6.45) is 4.34. The topological polar surface area (TPSA) is 81.2 Å². The molecule has 0 spiro atoms. The summed E-state index contributed by atoms with van der Waals surface area (Å²) in [5, 5.41) is 2.41. The predicted octanol–water partition coefficient (Wildman–Crippen LogP) is 0.179. The van der Waals surface area contributed by atoms with Crippen molar-refractivity contribution < 1.29 is 13.2 Å². The summed E-state index contributed by atoms with van der Waals surface area (Å²) >= 11 is 0. The van der Waals surface area contributed by atoms with Crippen molar-refractivity contribution in [1.82, 2.24) is 15.3 Å². The van der Waals surface area contributed by atoms with Gasteiger partial charge in [-0.15, -0.1) is 0 Å². The number of hydrogen-bond donors (Lipinski definition) is 1. The summed E-state index contributed by atoms with van der Waals surface area (Å²) in [6.45, 7) is 1.65. The SMILES string of the molecule is CNC(c1cnc(OC)nc1)C(C)S(C)(=O)=O. The highest BCUT2D eigenvalue weighted by Crippen LogP contribution is 2.20. The van der Waals surface area contributed by atoms with Gasteiger partial charge in [0.15, 0.2) is 9.84 Å². The van der Waals surface area contributed by atoms with Crippen molar-refractivity contribution in [1.29, 1.82) is 0 Å². The maximum atomic E-state index is 11.5. The first kappa shape index (κ1) is 13.9. The zero-order chi connectivity index (χ0) is 13.1. The summed E-state index contributed by atoms with van der Waals surface area (Å²) in [5.74, 6) is 0. The Labute approximate surface area is 101 Å². The molecule has 0 radical (unpaired) electrons. The first-order chi connectivity index (χ1) is 7.90. The van der Waals surface area contributed by atoms with Gasteiger partial charge >= 0.3 is 6.01 Å². The van der Waals surface area contributed by atoms with Crippen molar-refractivity contribution in [2.24, 2.45) is 0 Å². The Balaban J connectivity index is 3.01. The Morgan fingerprint density at radius 1 is 1.35 bits per heavy atom. The third-order valence-electron chi connectivity index (χ3n) is 2.65. The minimum absolute atomic E-state index is 0.260. The number of methoxy groups -OCH3 is 1. The molecule has 2 atom stereocenters. The van der Waals surface area contributed by atoms with Gasteiger partial charge in [-0.25, -0.2) is 18.4 Å². The van der Waals surface area contributed by atoms with Crippen molar-refractivity contribution in [2.45, 2.75) is 18.2 Å². The molecular weight excluding hydrogens is 242 g/mol. The molecule has 1 rings (SSSR count). The Kier molecular flexibility index (Phi) is 4.41. The van der Waals surface area contributed by atoms with E-state index in [4.69, 9.17) is 4.74 Å². The van der Waals surface area contributed by atoms with Crippen LogP contribution in [0.25, 0.3) is 0 Å². The highest BCUT2D eigenvalue weighted by Gasteiger charge is 2.26. The highest BCUT2D eigenvalue weighted by molar-refractivity contribution is 7.91. The average Bonchev–Trinajstić information content (AvgIpc) is 2.29. The molecular formula is C10H17N3O3S. The summed E-state index contributed by atoms with van der Waals surface area (Å²) in [6, 6.07) is -0.0773. The smallest absolute Gasteiger partial charge is 0.316 e. The van der Waals surface area contributed by atoms with E-state index in [0.717, 1.165) is 0 Å². The molecule has 17 heavy (non-hydrogen) atoms. The van der Waals surface area contributed by atoms with E-state index in [1.165, 1.54) is 13.4 Å². The number of rotatable bonds is 5. The number of nitrogens with zero attached hydrogens (tertiary/aromatic N) is 2. The molecule has 0 aliphatic rings. The van der Waals surface area contributed by atoms with E-state index in [9.17, 15) is 8.42 Å². The summed E-state index contributed by atoms with van der Waals surface area (Å²) in [4.78, 5) is 7.92. The number of sulfone groups is 1. The van der Waals surface area contributed by atoms with Gasteiger partial charge in [0.1, 0.15) is 0 Å². The molecule has 0 aromatic carbocycles. The first-order valence-electron chi connectivity index (χ1n) is 5.12. The van der Waals surface area contributed by atoms with Gasteiger partial charge in [0.05, 0.1) is 18.4 Å². The van der Waals surface area contributed by atoms with E-state index in [2.05, 4.69) is 15.3 Å². The van der Waals surface area contributed by atoms with Gasteiger partial charge in [0.25, 0.3) is 0 Å². The molecule has 7 heteroatoms. The maximum Gasteiger partial charge on any atom is 0.316 e. The van der Waals surface area contributed by atoms with Crippen LogP contribution >= 0.6 is 0 Å². The Morgan fingerprint density at radius 3 is 2.24 bits per heavy atom. The molecule has 1 aromatic rings. The van der Waals surface area contributed by atoms with Crippen molar-refractivity contribution in [3.63, 3.8) is 0 Å². The van der Waals surface area contributed by atoms with Crippen LogP contribution in [-0.4, -0.2) is 44.0 Å². The zero-order valence-corrected chi connectivity index (χ0v) is 11.2. The van der Waals surface area contributed by atoms with Gasteiger partial charge in [0.2, 0.25) is 0 Å². The fourth-order valence-electron chi connectivity index (χ4n) is 1.51. The first-order valence-corrected chi connectivity index (χ1v) is 7.07. The molecule has 0 fully saturated rings. The fourth-order valence-corrected chi connectivity index (χ4v) is 2.30. The molecule has 2 unspecified atom stereocenters. The van der Waals surface area contributed by atoms with Crippen LogP contribution < -0.4 is 10.1 Å². The molecule has 0 amide bonds. The monoisotopic (exact) mass is 259 g/mol. The number of hydrogen-bond acceptors (Lipinski definition) is 6. The van der Waals surface area contributed by atoms with Crippen LogP contribution in [0.5, 0.6) is 6.01 Å². The van der Waals surface area contributed by atoms with E-state index in [1.807, 2.05) is 0 Å². The standard InChI is InChI=1S/C10H17N3O3S/c1-7(17(4,14)15)9(11-2)8-5-12-10(16-3)13-6-8/h5-7,9,11H,1-4H3. The minimum Gasteiger partial charge on any atom is -0.467 e. The summed E-state index contributed by atoms with van der Waals surface area (Å²) < 4.78 is 27.9. The van der Waals surface area contributed by atoms with Crippen LogP contribution in [-0.2, 0) is 9.84 Å². The third kappa shape index (κ3) is 3.37. The molecule has 96 valence electrons. The second kappa shape index (κ2) is 5.42. The lowest BCUT2D eigenvalue weighted by molar-refractivity contribution is 0.378. The lowest BCUT2D eigenvalue weighted by atomic mass is 10.1. The molecule has 0 saturated heterocycles. The maximum absolute atomic E-state index is 11.5. The molecule has 0 aliphatic carbocycles. The lowest BCUT2D eigenvalue weighted by Crippen LogP contribution is -2.33. The lowest BCUT2D eigenvalue weighted by Gasteiger charge is -2.21. The normalized spacial score (nSPS) is 15.3. The molecule has 1 heterocycles. The van der Waals surface area contributed by atoms with Gasteiger partial charge in [-0.1, -0.05) is 0 Å². The minimum atomic E-state index is -3.13. The van der Waals surface area contributed by atoms with E-state index in [-0.39, 0.29) is 12.1 Å². The van der Waals surface area contributed by atoms with Gasteiger partial charge in [-0.05, 0) is 14.0 Å². The number of nitrogens with one attached hydrogen (secondary N) is 1. The van der Waals surface area contributed by atoms with E-state index in [0.29, 0.717) is 5.56 Å². The van der Waals surface area contributed by atoms with Gasteiger partial charge in [-0.3, -0.25) is 0 Å². The van der Waals surface area contributed by atoms with Gasteiger partial charge in [-0.2, -0.15) is 0 Å². The van der Waals surface area contributed by atoms with Crippen LogP contribution in [0.4, 0.5) is 0 Å². The average molecular weight is 259 g/mol. The van der Waals surface area contributed by atoms with Crippen molar-refractivity contribution in [3.8, 4) is 6.01 Å². The van der Waals surface area contributed by atoms with E-state index in [1.54, 1.807) is 26.4 Å². The van der Waals surface area contributed by atoms with Crippen LogP contribution in [0.3, 0.4) is 0 Å². The molecule has 0 aliphatic heterocycles. The summed E-state index contributed by atoms with van der Waals surface area (Å²) in [5.41, 5.74) is 0.714. The number of aromatic nitrogens is 2.